The second kappa shape index (κ2) is 7.80. The third kappa shape index (κ3) is 3.44. The van der Waals surface area contributed by atoms with E-state index < -0.39 is 0 Å². The number of likely N-dealkylation sites (tertiary alicyclic amines) is 1. The Balaban J connectivity index is 1.58. The zero-order valence-electron chi connectivity index (χ0n) is 16.4. The zero-order chi connectivity index (χ0) is 19.7. The van der Waals surface area contributed by atoms with Crippen LogP contribution in [0.15, 0.2) is 36.4 Å². The standard InChI is InChI=1S/C22H24N2O3S/c1-14-18(26-2)11-16(12-19(14)27-3)22(25)24-10-6-7-15(13-24)21-23-17-8-4-5-9-20(17)28-21/h4-5,8-9,11-12,15H,6-7,10,13H2,1-3H3/t15-/m1/s1. The van der Waals surface area contributed by atoms with Crippen LogP contribution in [0.4, 0.5) is 0 Å². The third-order valence-corrected chi connectivity index (χ3v) is 6.57. The number of hydrogen-bond donors (Lipinski definition) is 0. The summed E-state index contributed by atoms with van der Waals surface area (Å²) in [7, 11) is 3.22. The van der Waals surface area contributed by atoms with Gasteiger partial charge in [0.2, 0.25) is 0 Å². The molecule has 0 aliphatic carbocycles. The first-order valence-corrected chi connectivity index (χ1v) is 10.3. The Labute approximate surface area is 168 Å². The predicted molar refractivity (Wildman–Crippen MR) is 112 cm³/mol. The molecule has 0 spiro atoms. The fourth-order valence-electron chi connectivity index (χ4n) is 3.82. The molecule has 2 heterocycles. The first kappa shape index (κ1) is 18.7. The molecule has 1 aliphatic rings. The predicted octanol–water partition coefficient (Wildman–Crippen LogP) is 4.64. The molecule has 6 heteroatoms. The number of methoxy groups -OCH3 is 2. The van der Waals surface area contributed by atoms with Crippen molar-refractivity contribution in [2.75, 3.05) is 27.3 Å². The van der Waals surface area contributed by atoms with Crippen LogP contribution in [-0.2, 0) is 0 Å². The Hall–Kier alpha value is -2.60. The number of rotatable bonds is 4. The highest BCUT2D eigenvalue weighted by molar-refractivity contribution is 7.18. The third-order valence-electron chi connectivity index (χ3n) is 5.37. The number of carbonyl (C=O) groups excluding carboxylic acids is 1. The molecule has 146 valence electrons. The van der Waals surface area contributed by atoms with Crippen molar-refractivity contribution >= 4 is 27.5 Å². The normalized spacial score (nSPS) is 17.0. The van der Waals surface area contributed by atoms with E-state index in [1.165, 1.54) is 4.70 Å². The van der Waals surface area contributed by atoms with E-state index in [1.807, 2.05) is 42.2 Å². The van der Waals surface area contributed by atoms with Crippen LogP contribution in [0.25, 0.3) is 10.2 Å². The SMILES string of the molecule is COc1cc(C(=O)N2CCC[C@@H](c3nc4ccccc4s3)C2)cc(OC)c1C. The van der Waals surface area contributed by atoms with Crippen LogP contribution < -0.4 is 9.47 Å². The number of aromatic nitrogens is 1. The molecule has 0 radical (unpaired) electrons. The Morgan fingerprint density at radius 3 is 2.57 bits per heavy atom. The summed E-state index contributed by atoms with van der Waals surface area (Å²) in [5.41, 5.74) is 2.54. The molecule has 0 saturated carbocycles. The monoisotopic (exact) mass is 396 g/mol. The summed E-state index contributed by atoms with van der Waals surface area (Å²) in [6.07, 6.45) is 2.04. The Bertz CT molecular complexity index is 956. The minimum Gasteiger partial charge on any atom is -0.496 e. The lowest BCUT2D eigenvalue weighted by molar-refractivity contribution is 0.0706. The molecule has 1 aromatic heterocycles. The minimum atomic E-state index is 0.0161. The largest absolute Gasteiger partial charge is 0.496 e. The number of ether oxygens (including phenoxy) is 2. The molecular formula is C22H24N2O3S. The van der Waals surface area contributed by atoms with E-state index >= 15 is 0 Å². The van der Waals surface area contributed by atoms with Crippen molar-refractivity contribution in [3.8, 4) is 11.5 Å². The molecule has 1 aliphatic heterocycles. The van der Waals surface area contributed by atoms with Gasteiger partial charge < -0.3 is 14.4 Å². The second-order valence-electron chi connectivity index (χ2n) is 7.12. The summed E-state index contributed by atoms with van der Waals surface area (Å²) in [6, 6.07) is 11.8. The van der Waals surface area contributed by atoms with Crippen LogP contribution in [0.5, 0.6) is 11.5 Å². The highest BCUT2D eigenvalue weighted by Crippen LogP contribution is 2.34. The summed E-state index contributed by atoms with van der Waals surface area (Å²) >= 11 is 1.74. The van der Waals surface area contributed by atoms with Gasteiger partial charge in [-0.2, -0.15) is 0 Å². The molecular weight excluding hydrogens is 372 g/mol. The number of para-hydroxylation sites is 1. The summed E-state index contributed by atoms with van der Waals surface area (Å²) in [4.78, 5) is 19.9. The highest BCUT2D eigenvalue weighted by atomic mass is 32.1. The number of fused-ring (bicyclic) bond motifs is 1. The van der Waals surface area contributed by atoms with Gasteiger partial charge in [0.15, 0.2) is 0 Å². The number of hydrogen-bond acceptors (Lipinski definition) is 5. The first-order valence-electron chi connectivity index (χ1n) is 9.48. The van der Waals surface area contributed by atoms with Crippen LogP contribution in [0.3, 0.4) is 0 Å². The van der Waals surface area contributed by atoms with Crippen LogP contribution in [-0.4, -0.2) is 43.1 Å². The minimum absolute atomic E-state index is 0.0161. The molecule has 0 unspecified atom stereocenters. The smallest absolute Gasteiger partial charge is 0.254 e. The van der Waals surface area contributed by atoms with Gasteiger partial charge in [0, 0.05) is 30.1 Å². The molecule has 28 heavy (non-hydrogen) atoms. The van der Waals surface area contributed by atoms with Gasteiger partial charge in [-0.15, -0.1) is 11.3 Å². The maximum Gasteiger partial charge on any atom is 0.254 e. The van der Waals surface area contributed by atoms with E-state index in [1.54, 1.807) is 25.6 Å². The van der Waals surface area contributed by atoms with E-state index in [0.717, 1.165) is 35.5 Å². The molecule has 4 rings (SSSR count). The van der Waals surface area contributed by atoms with Gasteiger partial charge in [0.05, 0.1) is 29.4 Å². The maximum absolute atomic E-state index is 13.2. The van der Waals surface area contributed by atoms with E-state index in [0.29, 0.717) is 23.6 Å². The molecule has 1 amide bonds. The maximum atomic E-state index is 13.2. The number of carbonyl (C=O) groups is 1. The van der Waals surface area contributed by atoms with Crippen molar-refractivity contribution in [3.63, 3.8) is 0 Å². The molecule has 0 N–H and O–H groups in total. The first-order chi connectivity index (χ1) is 13.6. The molecule has 3 aromatic rings. The number of nitrogens with zero attached hydrogens (tertiary/aromatic N) is 2. The topological polar surface area (TPSA) is 51.7 Å². The summed E-state index contributed by atoms with van der Waals surface area (Å²) in [5, 5.41) is 1.12. The average Bonchev–Trinajstić information content (AvgIpc) is 3.18. The number of piperidine rings is 1. The number of thiazole rings is 1. The molecule has 5 nitrogen and oxygen atoms in total. The van der Waals surface area contributed by atoms with E-state index in [9.17, 15) is 4.79 Å². The Morgan fingerprint density at radius 1 is 1.18 bits per heavy atom. The highest BCUT2D eigenvalue weighted by Gasteiger charge is 2.28. The quantitative estimate of drug-likeness (QED) is 0.645. The van der Waals surface area contributed by atoms with Gasteiger partial charge in [-0.05, 0) is 44.0 Å². The molecule has 1 saturated heterocycles. The summed E-state index contributed by atoms with van der Waals surface area (Å²) < 4.78 is 12.1. The lowest BCUT2D eigenvalue weighted by atomic mass is 9.97. The average molecular weight is 397 g/mol. The van der Waals surface area contributed by atoms with Crippen molar-refractivity contribution in [2.24, 2.45) is 0 Å². The van der Waals surface area contributed by atoms with Gasteiger partial charge in [-0.1, -0.05) is 12.1 Å². The van der Waals surface area contributed by atoms with Crippen LogP contribution in [0, 0.1) is 6.92 Å². The van der Waals surface area contributed by atoms with E-state index in [4.69, 9.17) is 14.5 Å². The molecule has 1 fully saturated rings. The van der Waals surface area contributed by atoms with E-state index in [2.05, 4.69) is 6.07 Å². The Kier molecular flexibility index (Phi) is 5.22. The van der Waals surface area contributed by atoms with Crippen molar-refractivity contribution in [1.82, 2.24) is 9.88 Å². The summed E-state index contributed by atoms with van der Waals surface area (Å²) in [6.45, 7) is 3.38. The molecule has 2 aromatic carbocycles. The van der Waals surface area contributed by atoms with Gasteiger partial charge in [-0.25, -0.2) is 4.98 Å². The van der Waals surface area contributed by atoms with Crippen molar-refractivity contribution < 1.29 is 14.3 Å². The van der Waals surface area contributed by atoms with Gasteiger partial charge in [0.25, 0.3) is 5.91 Å². The Morgan fingerprint density at radius 2 is 1.89 bits per heavy atom. The van der Waals surface area contributed by atoms with E-state index in [-0.39, 0.29) is 11.8 Å². The van der Waals surface area contributed by atoms with Gasteiger partial charge >= 0.3 is 0 Å². The lowest BCUT2D eigenvalue weighted by Gasteiger charge is -2.32. The fourth-order valence-corrected chi connectivity index (χ4v) is 4.91. The number of benzene rings is 2. The summed E-state index contributed by atoms with van der Waals surface area (Å²) in [5.74, 6) is 1.64. The van der Waals surface area contributed by atoms with Gasteiger partial charge in [0.1, 0.15) is 11.5 Å². The lowest BCUT2D eigenvalue weighted by Crippen LogP contribution is -2.39. The van der Waals surface area contributed by atoms with Crippen molar-refractivity contribution in [1.29, 1.82) is 0 Å². The fraction of sp³-hybridized carbons (Fsp3) is 0.364. The van der Waals surface area contributed by atoms with Gasteiger partial charge in [-0.3, -0.25) is 4.79 Å². The van der Waals surface area contributed by atoms with Crippen LogP contribution in [0.1, 0.15) is 39.7 Å². The van der Waals surface area contributed by atoms with Crippen molar-refractivity contribution in [2.45, 2.75) is 25.7 Å². The van der Waals surface area contributed by atoms with Crippen molar-refractivity contribution in [3.05, 3.63) is 52.5 Å². The number of amides is 1. The zero-order valence-corrected chi connectivity index (χ0v) is 17.2. The van der Waals surface area contributed by atoms with Crippen LogP contribution in [0.2, 0.25) is 0 Å². The second-order valence-corrected chi connectivity index (χ2v) is 8.18. The molecule has 1 atom stereocenters. The van der Waals surface area contributed by atoms with Crippen LogP contribution >= 0.6 is 11.3 Å². The molecule has 0 bridgehead atoms.